The molecule has 0 bridgehead atoms. The van der Waals surface area contributed by atoms with E-state index in [0.29, 0.717) is 6.04 Å². The number of hydrogen-bond acceptors (Lipinski definition) is 3. The lowest BCUT2D eigenvalue weighted by Gasteiger charge is -2.19. The summed E-state index contributed by atoms with van der Waals surface area (Å²) in [5.74, 6) is 4.27. The molecule has 1 unspecified atom stereocenters. The van der Waals surface area contributed by atoms with E-state index in [0.717, 1.165) is 50.1 Å². The van der Waals surface area contributed by atoms with Gasteiger partial charge in [0.15, 0.2) is 11.5 Å². The summed E-state index contributed by atoms with van der Waals surface area (Å²) in [5, 5.41) is 3.60. The Balaban J connectivity index is 2.70. The van der Waals surface area contributed by atoms with Gasteiger partial charge in [-0.3, -0.25) is 0 Å². The van der Waals surface area contributed by atoms with Gasteiger partial charge in [-0.15, -0.1) is 12.3 Å². The van der Waals surface area contributed by atoms with E-state index >= 15 is 0 Å². The zero-order valence-corrected chi connectivity index (χ0v) is 13.4. The SMILES string of the molecule is C#CCCCC(Cc1ccc(OC)c(OC)c1)NCCC. The molecule has 21 heavy (non-hydrogen) atoms. The van der Waals surface area contributed by atoms with Crippen LogP contribution < -0.4 is 14.8 Å². The van der Waals surface area contributed by atoms with E-state index in [1.807, 2.05) is 6.07 Å². The number of benzene rings is 1. The fourth-order valence-corrected chi connectivity index (χ4v) is 2.37. The first-order valence-corrected chi connectivity index (χ1v) is 7.62. The van der Waals surface area contributed by atoms with Crippen LogP contribution in [0.4, 0.5) is 0 Å². The minimum Gasteiger partial charge on any atom is -0.493 e. The summed E-state index contributed by atoms with van der Waals surface area (Å²) in [6.07, 6.45) is 10.4. The van der Waals surface area contributed by atoms with Gasteiger partial charge < -0.3 is 14.8 Å². The van der Waals surface area contributed by atoms with Crippen LogP contribution >= 0.6 is 0 Å². The first kappa shape index (κ1) is 17.4. The molecule has 1 atom stereocenters. The second-order valence-electron chi connectivity index (χ2n) is 5.14. The van der Waals surface area contributed by atoms with E-state index in [4.69, 9.17) is 15.9 Å². The summed E-state index contributed by atoms with van der Waals surface area (Å²) in [6.45, 7) is 3.22. The fraction of sp³-hybridized carbons (Fsp3) is 0.556. The Morgan fingerprint density at radius 2 is 2.00 bits per heavy atom. The van der Waals surface area contributed by atoms with Crippen LogP contribution in [-0.2, 0) is 6.42 Å². The number of ether oxygens (including phenoxy) is 2. The molecular formula is C18H27NO2. The van der Waals surface area contributed by atoms with Gasteiger partial charge in [0.1, 0.15) is 0 Å². The zero-order chi connectivity index (χ0) is 15.5. The lowest BCUT2D eigenvalue weighted by Crippen LogP contribution is -2.31. The number of unbranched alkanes of at least 4 members (excludes halogenated alkanes) is 1. The molecule has 0 saturated carbocycles. The third-order valence-electron chi connectivity index (χ3n) is 3.49. The molecule has 1 rings (SSSR count). The van der Waals surface area contributed by atoms with Crippen molar-refractivity contribution in [2.45, 2.75) is 45.1 Å². The molecule has 0 amide bonds. The van der Waals surface area contributed by atoms with Gasteiger partial charge in [0.25, 0.3) is 0 Å². The van der Waals surface area contributed by atoms with Crippen molar-refractivity contribution in [2.75, 3.05) is 20.8 Å². The molecule has 0 saturated heterocycles. The van der Waals surface area contributed by atoms with E-state index in [9.17, 15) is 0 Å². The number of methoxy groups -OCH3 is 2. The normalized spacial score (nSPS) is 11.7. The second-order valence-corrected chi connectivity index (χ2v) is 5.14. The summed E-state index contributed by atoms with van der Waals surface area (Å²) in [7, 11) is 3.32. The molecule has 0 spiro atoms. The maximum absolute atomic E-state index is 5.37. The van der Waals surface area contributed by atoms with Crippen molar-refractivity contribution >= 4 is 0 Å². The van der Waals surface area contributed by atoms with Gasteiger partial charge in [0, 0.05) is 12.5 Å². The van der Waals surface area contributed by atoms with Gasteiger partial charge in [-0.25, -0.2) is 0 Å². The third kappa shape index (κ3) is 6.10. The topological polar surface area (TPSA) is 30.5 Å². The van der Waals surface area contributed by atoms with Gasteiger partial charge in [-0.2, -0.15) is 0 Å². The molecule has 0 fully saturated rings. The lowest BCUT2D eigenvalue weighted by molar-refractivity contribution is 0.354. The quantitative estimate of drug-likeness (QED) is 0.529. The molecule has 3 heteroatoms. The molecule has 1 N–H and O–H groups in total. The Bertz CT molecular complexity index is 451. The van der Waals surface area contributed by atoms with Gasteiger partial charge >= 0.3 is 0 Å². The van der Waals surface area contributed by atoms with Crippen molar-refractivity contribution in [3.8, 4) is 23.8 Å². The predicted molar refractivity (Wildman–Crippen MR) is 88.0 cm³/mol. The summed E-state index contributed by atoms with van der Waals surface area (Å²) < 4.78 is 10.6. The van der Waals surface area contributed by atoms with E-state index in [2.05, 4.69) is 30.3 Å². The van der Waals surface area contributed by atoms with Crippen molar-refractivity contribution in [1.29, 1.82) is 0 Å². The molecule has 0 aromatic heterocycles. The molecule has 3 nitrogen and oxygen atoms in total. The van der Waals surface area contributed by atoms with E-state index in [-0.39, 0.29) is 0 Å². The largest absolute Gasteiger partial charge is 0.493 e. The molecule has 116 valence electrons. The molecule has 1 aromatic carbocycles. The Hall–Kier alpha value is -1.66. The first-order chi connectivity index (χ1) is 10.2. The molecule has 0 radical (unpaired) electrons. The number of terminal acetylenes is 1. The maximum Gasteiger partial charge on any atom is 0.160 e. The van der Waals surface area contributed by atoms with Crippen LogP contribution in [0.1, 0.15) is 38.2 Å². The van der Waals surface area contributed by atoms with E-state index in [1.54, 1.807) is 14.2 Å². The van der Waals surface area contributed by atoms with Crippen LogP contribution in [0.5, 0.6) is 11.5 Å². The highest BCUT2D eigenvalue weighted by Gasteiger charge is 2.11. The molecular weight excluding hydrogens is 262 g/mol. The molecule has 0 aliphatic heterocycles. The average molecular weight is 289 g/mol. The highest BCUT2D eigenvalue weighted by atomic mass is 16.5. The number of hydrogen-bond donors (Lipinski definition) is 1. The predicted octanol–water partition coefficient (Wildman–Crippen LogP) is 3.42. The summed E-state index contributed by atoms with van der Waals surface area (Å²) in [5.41, 5.74) is 1.25. The number of rotatable bonds is 10. The smallest absolute Gasteiger partial charge is 0.160 e. The minimum absolute atomic E-state index is 0.455. The standard InChI is InChI=1S/C18H27NO2/c1-5-7-8-9-16(19-12-6-2)13-15-10-11-17(20-3)18(14-15)21-4/h1,10-11,14,16,19H,6-9,12-13H2,2-4H3. The van der Waals surface area contributed by atoms with Crippen molar-refractivity contribution in [3.05, 3.63) is 23.8 Å². The monoisotopic (exact) mass is 289 g/mol. The van der Waals surface area contributed by atoms with Crippen LogP contribution in [0.25, 0.3) is 0 Å². The summed E-state index contributed by atoms with van der Waals surface area (Å²) in [6, 6.07) is 6.58. The van der Waals surface area contributed by atoms with Crippen molar-refractivity contribution in [1.82, 2.24) is 5.32 Å². The fourth-order valence-electron chi connectivity index (χ4n) is 2.37. The van der Waals surface area contributed by atoms with Crippen LogP contribution in [-0.4, -0.2) is 26.8 Å². The molecule has 1 aromatic rings. The van der Waals surface area contributed by atoms with Crippen molar-refractivity contribution < 1.29 is 9.47 Å². The first-order valence-electron chi connectivity index (χ1n) is 7.62. The van der Waals surface area contributed by atoms with Crippen molar-refractivity contribution in [3.63, 3.8) is 0 Å². The Morgan fingerprint density at radius 1 is 1.24 bits per heavy atom. The highest BCUT2D eigenvalue weighted by molar-refractivity contribution is 5.43. The molecule has 0 heterocycles. The van der Waals surface area contributed by atoms with Gasteiger partial charge in [-0.1, -0.05) is 13.0 Å². The second kappa shape index (κ2) is 10.1. The summed E-state index contributed by atoms with van der Waals surface area (Å²) in [4.78, 5) is 0. The minimum atomic E-state index is 0.455. The zero-order valence-electron chi connectivity index (χ0n) is 13.4. The van der Waals surface area contributed by atoms with E-state index in [1.165, 1.54) is 5.56 Å². The maximum atomic E-state index is 5.37. The Labute approximate surface area is 129 Å². The Morgan fingerprint density at radius 3 is 2.62 bits per heavy atom. The Kier molecular flexibility index (Phi) is 8.38. The summed E-state index contributed by atoms with van der Waals surface area (Å²) >= 11 is 0. The molecule has 0 aliphatic carbocycles. The van der Waals surface area contributed by atoms with Gasteiger partial charge in [0.05, 0.1) is 14.2 Å². The van der Waals surface area contributed by atoms with Crippen LogP contribution in [0.2, 0.25) is 0 Å². The third-order valence-corrected chi connectivity index (χ3v) is 3.49. The van der Waals surface area contributed by atoms with Crippen LogP contribution in [0, 0.1) is 12.3 Å². The molecule has 0 aliphatic rings. The van der Waals surface area contributed by atoms with E-state index < -0.39 is 0 Å². The number of nitrogens with one attached hydrogen (secondary N) is 1. The van der Waals surface area contributed by atoms with Crippen LogP contribution in [0.3, 0.4) is 0 Å². The highest BCUT2D eigenvalue weighted by Crippen LogP contribution is 2.28. The van der Waals surface area contributed by atoms with Crippen molar-refractivity contribution in [2.24, 2.45) is 0 Å². The van der Waals surface area contributed by atoms with Gasteiger partial charge in [-0.05, 0) is 49.9 Å². The van der Waals surface area contributed by atoms with Gasteiger partial charge in [0.2, 0.25) is 0 Å². The lowest BCUT2D eigenvalue weighted by atomic mass is 10.0. The average Bonchev–Trinajstić information content (AvgIpc) is 2.52. The van der Waals surface area contributed by atoms with Crippen LogP contribution in [0.15, 0.2) is 18.2 Å².